The Bertz CT molecular complexity index is 403. The van der Waals surface area contributed by atoms with Crippen LogP contribution in [0.15, 0.2) is 12.1 Å². The Hall–Kier alpha value is -1.26. The van der Waals surface area contributed by atoms with Crippen molar-refractivity contribution in [1.82, 2.24) is 4.90 Å². The van der Waals surface area contributed by atoms with E-state index >= 15 is 0 Å². The van der Waals surface area contributed by atoms with E-state index < -0.39 is 0 Å². The second-order valence-electron chi connectivity index (χ2n) is 4.50. The lowest BCUT2D eigenvalue weighted by Crippen LogP contribution is -2.27. The summed E-state index contributed by atoms with van der Waals surface area (Å²) in [6.45, 7) is 9.00. The van der Waals surface area contributed by atoms with Crippen molar-refractivity contribution in [3.8, 4) is 11.5 Å². The van der Waals surface area contributed by atoms with Crippen molar-refractivity contribution < 1.29 is 9.47 Å². The maximum absolute atomic E-state index is 5.90. The van der Waals surface area contributed by atoms with Gasteiger partial charge in [0.25, 0.3) is 0 Å². The molecule has 2 N–H and O–H groups in total. The average molecular weight is 266 g/mol. The largest absolute Gasteiger partial charge is 0.497 e. The standard InChI is InChI=1S/C15H26N2O2/c1-6-17(7-2)11(3)13-8-12(18-4)9-15(19-5)14(13)10-16/h8-9,11H,6-7,10,16H2,1-5H3. The van der Waals surface area contributed by atoms with Gasteiger partial charge in [-0.25, -0.2) is 0 Å². The lowest BCUT2D eigenvalue weighted by atomic mass is 9.98. The molecule has 1 atom stereocenters. The van der Waals surface area contributed by atoms with E-state index in [2.05, 4.69) is 31.7 Å². The van der Waals surface area contributed by atoms with Crippen LogP contribution in [0.2, 0.25) is 0 Å². The van der Waals surface area contributed by atoms with Gasteiger partial charge in [0.1, 0.15) is 11.5 Å². The fraction of sp³-hybridized carbons (Fsp3) is 0.600. The molecule has 0 heterocycles. The first-order chi connectivity index (χ1) is 9.12. The molecule has 0 aliphatic carbocycles. The highest BCUT2D eigenvalue weighted by molar-refractivity contribution is 5.48. The molecule has 0 aromatic heterocycles. The van der Waals surface area contributed by atoms with Crippen LogP contribution in [0.1, 0.15) is 37.9 Å². The lowest BCUT2D eigenvalue weighted by molar-refractivity contribution is 0.232. The number of benzene rings is 1. The molecule has 19 heavy (non-hydrogen) atoms. The van der Waals surface area contributed by atoms with Crippen LogP contribution < -0.4 is 15.2 Å². The van der Waals surface area contributed by atoms with Crippen LogP contribution in [0.4, 0.5) is 0 Å². The summed E-state index contributed by atoms with van der Waals surface area (Å²) >= 11 is 0. The SMILES string of the molecule is CCN(CC)C(C)c1cc(OC)cc(OC)c1CN. The van der Waals surface area contributed by atoms with Crippen molar-refractivity contribution in [3.05, 3.63) is 23.3 Å². The zero-order chi connectivity index (χ0) is 14.4. The van der Waals surface area contributed by atoms with Gasteiger partial charge in [-0.3, -0.25) is 4.90 Å². The molecule has 0 bridgehead atoms. The Morgan fingerprint density at radius 2 is 1.79 bits per heavy atom. The third kappa shape index (κ3) is 3.39. The summed E-state index contributed by atoms with van der Waals surface area (Å²) in [5.74, 6) is 1.61. The van der Waals surface area contributed by atoms with Crippen molar-refractivity contribution in [2.45, 2.75) is 33.4 Å². The highest BCUT2D eigenvalue weighted by Crippen LogP contribution is 2.34. The third-order valence-corrected chi connectivity index (χ3v) is 3.69. The zero-order valence-electron chi connectivity index (χ0n) is 12.7. The van der Waals surface area contributed by atoms with Crippen molar-refractivity contribution in [2.75, 3.05) is 27.3 Å². The maximum Gasteiger partial charge on any atom is 0.127 e. The van der Waals surface area contributed by atoms with Gasteiger partial charge in [0.15, 0.2) is 0 Å². The minimum absolute atomic E-state index is 0.289. The van der Waals surface area contributed by atoms with E-state index in [0.29, 0.717) is 6.54 Å². The molecule has 1 unspecified atom stereocenters. The predicted octanol–water partition coefficient (Wildman–Crippen LogP) is 2.57. The minimum atomic E-state index is 0.289. The van der Waals surface area contributed by atoms with Gasteiger partial charge in [0.05, 0.1) is 14.2 Å². The number of ether oxygens (including phenoxy) is 2. The van der Waals surface area contributed by atoms with Crippen LogP contribution in [-0.2, 0) is 6.54 Å². The van der Waals surface area contributed by atoms with Crippen molar-refractivity contribution in [3.63, 3.8) is 0 Å². The van der Waals surface area contributed by atoms with Crippen molar-refractivity contribution in [1.29, 1.82) is 0 Å². The first-order valence-corrected chi connectivity index (χ1v) is 6.81. The van der Waals surface area contributed by atoms with Gasteiger partial charge in [0, 0.05) is 24.2 Å². The van der Waals surface area contributed by atoms with Crippen molar-refractivity contribution >= 4 is 0 Å². The number of rotatable bonds is 7. The average Bonchev–Trinajstić information content (AvgIpc) is 2.46. The van der Waals surface area contributed by atoms with Gasteiger partial charge < -0.3 is 15.2 Å². The first-order valence-electron chi connectivity index (χ1n) is 6.81. The molecule has 0 radical (unpaired) electrons. The van der Waals surface area contributed by atoms with Gasteiger partial charge in [0.2, 0.25) is 0 Å². The molecule has 4 nitrogen and oxygen atoms in total. The quantitative estimate of drug-likeness (QED) is 0.824. The summed E-state index contributed by atoms with van der Waals surface area (Å²) in [6, 6.07) is 4.24. The number of nitrogens with zero attached hydrogens (tertiary/aromatic N) is 1. The third-order valence-electron chi connectivity index (χ3n) is 3.69. The molecule has 0 saturated heterocycles. The van der Waals surface area contributed by atoms with E-state index in [1.54, 1.807) is 14.2 Å². The van der Waals surface area contributed by atoms with Gasteiger partial charge in [-0.15, -0.1) is 0 Å². The van der Waals surface area contributed by atoms with Gasteiger partial charge in [-0.1, -0.05) is 13.8 Å². The molecule has 1 aromatic rings. The highest BCUT2D eigenvalue weighted by atomic mass is 16.5. The molecule has 0 aliphatic rings. The van der Waals surface area contributed by atoms with E-state index in [1.807, 2.05) is 6.07 Å². The monoisotopic (exact) mass is 266 g/mol. The fourth-order valence-corrected chi connectivity index (χ4v) is 2.50. The molecule has 1 rings (SSSR count). The Labute approximate surface area is 116 Å². The van der Waals surface area contributed by atoms with Crippen LogP contribution in [0, 0.1) is 0 Å². The lowest BCUT2D eigenvalue weighted by Gasteiger charge is -2.29. The summed E-state index contributed by atoms with van der Waals surface area (Å²) in [5, 5.41) is 0. The fourth-order valence-electron chi connectivity index (χ4n) is 2.50. The van der Waals surface area contributed by atoms with Gasteiger partial charge >= 0.3 is 0 Å². The summed E-state index contributed by atoms with van der Waals surface area (Å²) in [6.07, 6.45) is 0. The molecule has 0 spiro atoms. The molecular weight excluding hydrogens is 240 g/mol. The molecule has 0 saturated carbocycles. The number of nitrogens with two attached hydrogens (primary N) is 1. The van der Waals surface area contributed by atoms with Crippen LogP contribution in [0.25, 0.3) is 0 Å². The normalized spacial score (nSPS) is 12.6. The summed E-state index contributed by atoms with van der Waals surface area (Å²) < 4.78 is 10.8. The maximum atomic E-state index is 5.90. The van der Waals surface area contributed by atoms with E-state index in [-0.39, 0.29) is 6.04 Å². The molecule has 1 aromatic carbocycles. The second kappa shape index (κ2) is 7.36. The van der Waals surface area contributed by atoms with Gasteiger partial charge in [-0.05, 0) is 31.6 Å². The number of hydrogen-bond donors (Lipinski definition) is 1. The van der Waals surface area contributed by atoms with E-state index in [9.17, 15) is 0 Å². The van der Waals surface area contributed by atoms with Gasteiger partial charge in [-0.2, -0.15) is 0 Å². The molecular formula is C15H26N2O2. The molecule has 0 amide bonds. The predicted molar refractivity (Wildman–Crippen MR) is 78.8 cm³/mol. The van der Waals surface area contributed by atoms with Crippen LogP contribution in [-0.4, -0.2) is 32.2 Å². The minimum Gasteiger partial charge on any atom is -0.497 e. The first kappa shape index (κ1) is 15.8. The molecule has 108 valence electrons. The van der Waals surface area contributed by atoms with Crippen LogP contribution in [0.3, 0.4) is 0 Å². The van der Waals surface area contributed by atoms with E-state index in [4.69, 9.17) is 15.2 Å². The zero-order valence-corrected chi connectivity index (χ0v) is 12.7. The Kier molecular flexibility index (Phi) is 6.12. The Balaban J connectivity index is 3.30. The van der Waals surface area contributed by atoms with Crippen molar-refractivity contribution in [2.24, 2.45) is 5.73 Å². The summed E-state index contributed by atoms with van der Waals surface area (Å²) in [7, 11) is 3.34. The summed E-state index contributed by atoms with van der Waals surface area (Å²) in [5.41, 5.74) is 8.14. The van der Waals surface area contributed by atoms with Crippen LogP contribution in [0.5, 0.6) is 11.5 Å². The van der Waals surface area contributed by atoms with E-state index in [1.165, 1.54) is 5.56 Å². The number of methoxy groups -OCH3 is 2. The molecule has 0 aliphatic heterocycles. The second-order valence-corrected chi connectivity index (χ2v) is 4.50. The topological polar surface area (TPSA) is 47.7 Å². The van der Waals surface area contributed by atoms with E-state index in [0.717, 1.165) is 30.2 Å². The molecule has 4 heteroatoms. The molecule has 0 fully saturated rings. The number of hydrogen-bond acceptors (Lipinski definition) is 4. The highest BCUT2D eigenvalue weighted by Gasteiger charge is 2.19. The summed E-state index contributed by atoms with van der Waals surface area (Å²) in [4.78, 5) is 2.38. The smallest absolute Gasteiger partial charge is 0.127 e. The Morgan fingerprint density at radius 3 is 2.21 bits per heavy atom. The Morgan fingerprint density at radius 1 is 1.16 bits per heavy atom. The van der Waals surface area contributed by atoms with Crippen LogP contribution >= 0.6 is 0 Å².